The maximum absolute atomic E-state index is 12.4. The molecule has 2 aromatic rings. The molecule has 0 saturated heterocycles. The Kier molecular flexibility index (Phi) is 4.97. The van der Waals surface area contributed by atoms with Crippen LogP contribution < -0.4 is 0 Å². The van der Waals surface area contributed by atoms with Crippen LogP contribution in [-0.2, 0) is 6.18 Å². The van der Waals surface area contributed by atoms with E-state index in [2.05, 4.69) is 0 Å². The van der Waals surface area contributed by atoms with E-state index in [1.54, 1.807) is 18.2 Å². The lowest BCUT2D eigenvalue weighted by atomic mass is 10.2. The average Bonchev–Trinajstić information content (AvgIpc) is 2.33. The number of halogens is 6. The highest BCUT2D eigenvalue weighted by Crippen LogP contribution is 2.31. The fourth-order valence-electron chi connectivity index (χ4n) is 1.14. The zero-order valence-corrected chi connectivity index (χ0v) is 9.39. The van der Waals surface area contributed by atoms with Gasteiger partial charge in [-0.15, -0.1) is 0 Å². The minimum atomic E-state index is -4.84. The largest absolute Gasteiger partial charge is 0.419 e. The first-order valence-electron chi connectivity index (χ1n) is 5.04. The third-order valence-corrected chi connectivity index (χ3v) is 1.99. The van der Waals surface area contributed by atoms with Crippen LogP contribution in [0.3, 0.4) is 0 Å². The molecule has 2 rings (SSSR count). The van der Waals surface area contributed by atoms with Gasteiger partial charge in [-0.05, 0) is 24.3 Å². The number of hydrogen-bond donors (Lipinski definition) is 0. The second kappa shape index (κ2) is 6.26. The quantitative estimate of drug-likeness (QED) is 0.607. The lowest BCUT2D eigenvalue weighted by Gasteiger charge is -2.06. The van der Waals surface area contributed by atoms with Crippen LogP contribution in [0.1, 0.15) is 5.56 Å². The number of rotatable bonds is 0. The molecule has 0 heterocycles. The van der Waals surface area contributed by atoms with Crippen LogP contribution in [-0.4, -0.2) is 0 Å². The normalized spacial score (nSPS) is 10.6. The molecule has 0 amide bonds. The molecule has 2 aromatic carbocycles. The molecular formula is C13H8F6. The van der Waals surface area contributed by atoms with Gasteiger partial charge in [-0.25, -0.2) is 13.2 Å². The Bertz CT molecular complexity index is 518. The predicted octanol–water partition coefficient (Wildman–Crippen LogP) is 4.81. The zero-order chi connectivity index (χ0) is 14.5. The molecule has 0 aromatic heterocycles. The summed E-state index contributed by atoms with van der Waals surface area (Å²) in [6.45, 7) is 0. The number of alkyl halides is 3. The summed E-state index contributed by atoms with van der Waals surface area (Å²) in [6, 6.07) is 9.86. The van der Waals surface area contributed by atoms with Crippen molar-refractivity contribution in [3.8, 4) is 0 Å². The van der Waals surface area contributed by atoms with Crippen molar-refractivity contribution < 1.29 is 26.3 Å². The Balaban J connectivity index is 0.000000218. The smallest absolute Gasteiger partial charge is 0.207 e. The highest BCUT2D eigenvalue weighted by Gasteiger charge is 2.34. The molecule has 0 unspecified atom stereocenters. The molecule has 0 N–H and O–H groups in total. The number of hydrogen-bond acceptors (Lipinski definition) is 0. The molecule has 0 aliphatic carbocycles. The topological polar surface area (TPSA) is 0 Å². The number of benzene rings is 2. The first kappa shape index (κ1) is 15.1. The van der Waals surface area contributed by atoms with Gasteiger partial charge in [0.1, 0.15) is 5.82 Å². The summed E-state index contributed by atoms with van der Waals surface area (Å²) in [5, 5.41) is 0. The summed E-state index contributed by atoms with van der Waals surface area (Å²) in [7, 11) is 0. The molecule has 19 heavy (non-hydrogen) atoms. The van der Waals surface area contributed by atoms with Crippen molar-refractivity contribution in [2.45, 2.75) is 6.18 Å². The van der Waals surface area contributed by atoms with Crippen LogP contribution >= 0.6 is 0 Å². The maximum atomic E-state index is 12.4. The van der Waals surface area contributed by atoms with E-state index in [9.17, 15) is 26.3 Å². The van der Waals surface area contributed by atoms with Gasteiger partial charge in [0, 0.05) is 0 Å². The van der Waals surface area contributed by atoms with E-state index in [1.165, 1.54) is 12.1 Å². The van der Waals surface area contributed by atoms with Gasteiger partial charge in [0.05, 0.1) is 5.56 Å². The van der Waals surface area contributed by atoms with Gasteiger partial charge < -0.3 is 0 Å². The molecule has 102 valence electrons. The monoisotopic (exact) mass is 278 g/mol. The van der Waals surface area contributed by atoms with Crippen LogP contribution in [0.2, 0.25) is 0 Å². The molecule has 0 radical (unpaired) electrons. The van der Waals surface area contributed by atoms with Crippen molar-refractivity contribution >= 4 is 0 Å². The van der Waals surface area contributed by atoms with Gasteiger partial charge >= 0.3 is 6.18 Å². The van der Waals surface area contributed by atoms with Gasteiger partial charge in [-0.1, -0.05) is 24.3 Å². The summed E-state index contributed by atoms with van der Waals surface area (Å²) >= 11 is 0. The van der Waals surface area contributed by atoms with E-state index >= 15 is 0 Å². The first-order chi connectivity index (χ1) is 8.82. The van der Waals surface area contributed by atoms with E-state index in [1.807, 2.05) is 0 Å². The molecule has 0 aliphatic heterocycles. The van der Waals surface area contributed by atoms with Crippen LogP contribution in [0.15, 0.2) is 48.5 Å². The summed E-state index contributed by atoms with van der Waals surface area (Å²) in [5.74, 6) is -3.53. The summed E-state index contributed by atoms with van der Waals surface area (Å²) in [6.07, 6.45) is -4.84. The molecule has 0 bridgehead atoms. The lowest BCUT2D eigenvalue weighted by molar-refractivity contribution is -0.140. The second-order valence-electron chi connectivity index (χ2n) is 3.39. The lowest BCUT2D eigenvalue weighted by Crippen LogP contribution is -2.08. The van der Waals surface area contributed by atoms with Crippen molar-refractivity contribution in [1.82, 2.24) is 0 Å². The zero-order valence-electron chi connectivity index (χ0n) is 9.39. The van der Waals surface area contributed by atoms with E-state index in [-0.39, 0.29) is 5.82 Å². The molecule has 0 spiro atoms. The van der Waals surface area contributed by atoms with Crippen LogP contribution in [0.4, 0.5) is 26.3 Å². The van der Waals surface area contributed by atoms with E-state index in [0.717, 1.165) is 6.07 Å². The summed E-state index contributed by atoms with van der Waals surface area (Å²) in [5.41, 5.74) is -1.58. The van der Waals surface area contributed by atoms with Gasteiger partial charge in [0.25, 0.3) is 0 Å². The Hall–Kier alpha value is -1.98. The van der Waals surface area contributed by atoms with Crippen LogP contribution in [0.5, 0.6) is 0 Å². The Labute approximate surface area is 105 Å². The minimum Gasteiger partial charge on any atom is -0.207 e. The molecular weight excluding hydrogens is 270 g/mol. The van der Waals surface area contributed by atoms with Crippen molar-refractivity contribution in [3.63, 3.8) is 0 Å². The minimum absolute atomic E-state index is 0.178. The predicted molar refractivity (Wildman–Crippen MR) is 57.8 cm³/mol. The Morgan fingerprint density at radius 2 is 1.26 bits per heavy atom. The maximum Gasteiger partial charge on any atom is 0.419 e. The third kappa shape index (κ3) is 4.65. The average molecular weight is 278 g/mol. The van der Waals surface area contributed by atoms with Crippen molar-refractivity contribution in [3.05, 3.63) is 71.5 Å². The fraction of sp³-hybridized carbons (Fsp3) is 0.0769. The Morgan fingerprint density at radius 1 is 0.684 bits per heavy atom. The summed E-state index contributed by atoms with van der Waals surface area (Å²) < 4.78 is 72.0. The van der Waals surface area contributed by atoms with Gasteiger partial charge in [-0.3, -0.25) is 0 Å². The van der Waals surface area contributed by atoms with E-state index in [4.69, 9.17) is 0 Å². The Morgan fingerprint density at radius 3 is 1.63 bits per heavy atom. The van der Waals surface area contributed by atoms with E-state index < -0.39 is 23.4 Å². The van der Waals surface area contributed by atoms with Crippen LogP contribution in [0.25, 0.3) is 0 Å². The van der Waals surface area contributed by atoms with Gasteiger partial charge in [0.2, 0.25) is 0 Å². The van der Waals surface area contributed by atoms with Crippen LogP contribution in [0, 0.1) is 17.5 Å². The summed E-state index contributed by atoms with van der Waals surface area (Å²) in [4.78, 5) is 0. The highest BCUT2D eigenvalue weighted by molar-refractivity contribution is 5.21. The SMILES string of the molecule is Fc1cccc(C(F)(F)F)c1F.Fc1ccccc1. The molecule has 0 fully saturated rings. The molecule has 0 nitrogen and oxygen atoms in total. The highest BCUT2D eigenvalue weighted by atomic mass is 19.4. The van der Waals surface area contributed by atoms with Crippen molar-refractivity contribution in [1.29, 1.82) is 0 Å². The first-order valence-corrected chi connectivity index (χ1v) is 5.04. The second-order valence-corrected chi connectivity index (χ2v) is 3.39. The van der Waals surface area contributed by atoms with Crippen molar-refractivity contribution in [2.24, 2.45) is 0 Å². The molecule has 0 atom stereocenters. The van der Waals surface area contributed by atoms with Gasteiger partial charge in [0.15, 0.2) is 11.6 Å². The van der Waals surface area contributed by atoms with Crippen molar-refractivity contribution in [2.75, 3.05) is 0 Å². The third-order valence-electron chi connectivity index (χ3n) is 1.99. The molecule has 6 heteroatoms. The molecule has 0 saturated carbocycles. The molecule has 0 aliphatic rings. The fourth-order valence-corrected chi connectivity index (χ4v) is 1.14. The van der Waals surface area contributed by atoms with E-state index in [0.29, 0.717) is 12.1 Å². The standard InChI is InChI=1S/C7H3F5.C6H5F/c8-5-3-1-2-4(6(5)9)7(10,11)12;7-6-4-2-1-3-5-6/h1-3H;1-5H. The van der Waals surface area contributed by atoms with Gasteiger partial charge in [-0.2, -0.15) is 13.2 Å².